The maximum atomic E-state index is 12.3. The van der Waals surface area contributed by atoms with Crippen molar-refractivity contribution < 1.29 is 28.5 Å². The lowest BCUT2D eigenvalue weighted by molar-refractivity contribution is -0.132. The van der Waals surface area contributed by atoms with Gasteiger partial charge in [0.1, 0.15) is 11.5 Å². The first-order valence-corrected chi connectivity index (χ1v) is 9.74. The van der Waals surface area contributed by atoms with Gasteiger partial charge in [0.05, 0.1) is 7.11 Å². The molecule has 3 aromatic rings. The molecule has 0 unspecified atom stereocenters. The zero-order valence-corrected chi connectivity index (χ0v) is 17.4. The smallest absolute Gasteiger partial charge is 0.363 e. The molecule has 160 valence electrons. The van der Waals surface area contributed by atoms with E-state index in [4.69, 9.17) is 18.9 Å². The molecule has 0 spiro atoms. The van der Waals surface area contributed by atoms with E-state index in [1.807, 2.05) is 30.3 Å². The van der Waals surface area contributed by atoms with Crippen molar-refractivity contribution in [3.8, 4) is 23.0 Å². The van der Waals surface area contributed by atoms with Crippen molar-refractivity contribution >= 4 is 23.9 Å². The number of methoxy groups -OCH3 is 1. The Balaban J connectivity index is 1.54. The van der Waals surface area contributed by atoms with Crippen molar-refractivity contribution in [3.05, 3.63) is 89.6 Å². The summed E-state index contributed by atoms with van der Waals surface area (Å²) in [5.74, 6) is 1.17. The van der Waals surface area contributed by atoms with E-state index in [-0.39, 0.29) is 17.3 Å². The monoisotopic (exact) mass is 429 g/mol. The lowest BCUT2D eigenvalue weighted by Gasteiger charge is -2.08. The van der Waals surface area contributed by atoms with Gasteiger partial charge in [-0.05, 0) is 60.2 Å². The Bertz CT molecular complexity index is 1210. The van der Waals surface area contributed by atoms with Crippen LogP contribution in [0, 0.1) is 0 Å². The van der Waals surface area contributed by atoms with E-state index in [0.29, 0.717) is 22.6 Å². The number of benzene rings is 3. The lowest BCUT2D eigenvalue weighted by Crippen LogP contribution is -2.05. The zero-order chi connectivity index (χ0) is 22.5. The van der Waals surface area contributed by atoms with Gasteiger partial charge in [-0.2, -0.15) is 0 Å². The number of carbonyl (C=O) groups excluding carboxylic acids is 2. The molecule has 7 heteroatoms. The molecule has 1 aliphatic heterocycles. The van der Waals surface area contributed by atoms with Crippen LogP contribution in [0.2, 0.25) is 0 Å². The van der Waals surface area contributed by atoms with Crippen LogP contribution in [0.5, 0.6) is 23.0 Å². The number of hydrogen-bond acceptors (Lipinski definition) is 7. The SMILES string of the molecule is COc1ccc(/C=C2\N=C(c3ccc(Oc4ccccc4)cc3)OC2=O)cc1OC(C)=O. The minimum Gasteiger partial charge on any atom is -0.493 e. The van der Waals surface area contributed by atoms with Gasteiger partial charge in [-0.3, -0.25) is 4.79 Å². The van der Waals surface area contributed by atoms with Gasteiger partial charge in [0, 0.05) is 12.5 Å². The van der Waals surface area contributed by atoms with Crippen LogP contribution in [0.4, 0.5) is 0 Å². The van der Waals surface area contributed by atoms with Crippen LogP contribution in [0.1, 0.15) is 18.1 Å². The summed E-state index contributed by atoms with van der Waals surface area (Å²) < 4.78 is 21.4. The van der Waals surface area contributed by atoms with E-state index in [9.17, 15) is 9.59 Å². The average molecular weight is 429 g/mol. The van der Waals surface area contributed by atoms with E-state index in [2.05, 4.69) is 4.99 Å². The third-order valence-electron chi connectivity index (χ3n) is 4.45. The second-order valence-corrected chi connectivity index (χ2v) is 6.78. The first-order valence-electron chi connectivity index (χ1n) is 9.74. The lowest BCUT2D eigenvalue weighted by atomic mass is 10.1. The maximum Gasteiger partial charge on any atom is 0.363 e. The fraction of sp³-hybridized carbons (Fsp3) is 0.0800. The molecule has 0 saturated heterocycles. The van der Waals surface area contributed by atoms with Gasteiger partial charge in [-0.15, -0.1) is 0 Å². The summed E-state index contributed by atoms with van der Waals surface area (Å²) in [7, 11) is 1.47. The molecule has 0 saturated carbocycles. The summed E-state index contributed by atoms with van der Waals surface area (Å²) in [6.45, 7) is 1.30. The third-order valence-corrected chi connectivity index (χ3v) is 4.45. The minimum atomic E-state index is -0.575. The molecular weight excluding hydrogens is 410 g/mol. The molecule has 1 heterocycles. The van der Waals surface area contributed by atoms with Gasteiger partial charge in [0.25, 0.3) is 0 Å². The maximum absolute atomic E-state index is 12.3. The number of aliphatic imine (C=N–C) groups is 1. The highest BCUT2D eigenvalue weighted by atomic mass is 16.6. The molecule has 3 aromatic carbocycles. The van der Waals surface area contributed by atoms with E-state index in [1.54, 1.807) is 48.5 Å². The number of rotatable bonds is 6. The van der Waals surface area contributed by atoms with E-state index in [1.165, 1.54) is 14.0 Å². The largest absolute Gasteiger partial charge is 0.493 e. The van der Waals surface area contributed by atoms with Crippen LogP contribution in [-0.2, 0) is 14.3 Å². The van der Waals surface area contributed by atoms with Gasteiger partial charge in [-0.25, -0.2) is 9.79 Å². The van der Waals surface area contributed by atoms with Gasteiger partial charge in [0.15, 0.2) is 17.2 Å². The summed E-state index contributed by atoms with van der Waals surface area (Å²) in [5, 5.41) is 0. The molecule has 0 atom stereocenters. The second kappa shape index (κ2) is 9.18. The molecule has 0 N–H and O–H groups in total. The molecule has 32 heavy (non-hydrogen) atoms. The Kier molecular flexibility index (Phi) is 5.98. The van der Waals surface area contributed by atoms with Crippen molar-refractivity contribution in [2.75, 3.05) is 7.11 Å². The van der Waals surface area contributed by atoms with Crippen molar-refractivity contribution in [1.82, 2.24) is 0 Å². The highest BCUT2D eigenvalue weighted by Crippen LogP contribution is 2.30. The number of nitrogens with zero attached hydrogens (tertiary/aromatic N) is 1. The minimum absolute atomic E-state index is 0.128. The Morgan fingerprint density at radius 2 is 1.66 bits per heavy atom. The molecule has 4 rings (SSSR count). The summed E-state index contributed by atoms with van der Waals surface area (Å²) in [6, 6.07) is 21.4. The highest BCUT2D eigenvalue weighted by Gasteiger charge is 2.24. The van der Waals surface area contributed by atoms with Gasteiger partial charge >= 0.3 is 11.9 Å². The normalized spacial score (nSPS) is 14.0. The predicted octanol–water partition coefficient (Wildman–Crippen LogP) is 4.76. The molecule has 7 nitrogen and oxygen atoms in total. The van der Waals surface area contributed by atoms with Crippen LogP contribution >= 0.6 is 0 Å². The highest BCUT2D eigenvalue weighted by molar-refractivity contribution is 6.12. The van der Waals surface area contributed by atoms with Crippen LogP contribution in [0.3, 0.4) is 0 Å². The molecule has 0 bridgehead atoms. The zero-order valence-electron chi connectivity index (χ0n) is 17.4. The summed E-state index contributed by atoms with van der Waals surface area (Å²) in [6.07, 6.45) is 1.55. The van der Waals surface area contributed by atoms with Crippen molar-refractivity contribution in [2.45, 2.75) is 6.92 Å². The molecule has 0 aromatic heterocycles. The number of carbonyl (C=O) groups is 2. The Labute approximate surface area is 184 Å². The fourth-order valence-electron chi connectivity index (χ4n) is 3.00. The third kappa shape index (κ3) is 4.84. The summed E-state index contributed by atoms with van der Waals surface area (Å²) >= 11 is 0. The molecule has 1 aliphatic rings. The molecular formula is C25H19NO6. The topological polar surface area (TPSA) is 83.4 Å². The molecule has 0 radical (unpaired) electrons. The van der Waals surface area contributed by atoms with Crippen molar-refractivity contribution in [3.63, 3.8) is 0 Å². The number of para-hydroxylation sites is 1. The van der Waals surface area contributed by atoms with Crippen LogP contribution in [-0.4, -0.2) is 24.9 Å². The predicted molar refractivity (Wildman–Crippen MR) is 118 cm³/mol. The molecule has 0 aliphatic carbocycles. The van der Waals surface area contributed by atoms with Crippen molar-refractivity contribution in [1.29, 1.82) is 0 Å². The van der Waals surface area contributed by atoms with E-state index < -0.39 is 11.9 Å². The molecule has 0 fully saturated rings. The van der Waals surface area contributed by atoms with E-state index in [0.717, 1.165) is 5.75 Å². The number of esters is 2. The average Bonchev–Trinajstić information content (AvgIpc) is 3.15. The Hall–Kier alpha value is -4.39. The first kappa shape index (κ1) is 20.9. The first-order chi connectivity index (χ1) is 15.5. The van der Waals surface area contributed by atoms with Gasteiger partial charge in [0.2, 0.25) is 5.90 Å². The fourth-order valence-corrected chi connectivity index (χ4v) is 3.00. The number of ether oxygens (including phenoxy) is 4. The van der Waals surface area contributed by atoms with Crippen LogP contribution in [0.15, 0.2) is 83.5 Å². The van der Waals surface area contributed by atoms with Gasteiger partial charge < -0.3 is 18.9 Å². The Morgan fingerprint density at radius 3 is 2.34 bits per heavy atom. The van der Waals surface area contributed by atoms with Crippen molar-refractivity contribution in [2.24, 2.45) is 4.99 Å². The van der Waals surface area contributed by atoms with E-state index >= 15 is 0 Å². The Morgan fingerprint density at radius 1 is 0.938 bits per heavy atom. The quantitative estimate of drug-likeness (QED) is 0.319. The summed E-state index contributed by atoms with van der Waals surface area (Å²) in [4.78, 5) is 27.9. The standard InChI is InChI=1S/C25H19NO6/c1-16(27)30-23-15-17(8-13-22(23)29-2)14-21-25(28)32-24(26-21)18-9-11-20(12-10-18)31-19-6-4-3-5-7-19/h3-15H,1-2H3/b21-14-. The number of hydrogen-bond donors (Lipinski definition) is 0. The summed E-state index contributed by atoms with van der Waals surface area (Å²) in [5.41, 5.74) is 1.37. The second-order valence-electron chi connectivity index (χ2n) is 6.78. The molecule has 0 amide bonds. The van der Waals surface area contributed by atoms with Crippen LogP contribution in [0.25, 0.3) is 6.08 Å². The van der Waals surface area contributed by atoms with Gasteiger partial charge in [-0.1, -0.05) is 24.3 Å². The number of cyclic esters (lactones) is 1. The van der Waals surface area contributed by atoms with Crippen LogP contribution < -0.4 is 14.2 Å².